The summed E-state index contributed by atoms with van der Waals surface area (Å²) in [6.07, 6.45) is 5.60. The van der Waals surface area contributed by atoms with Gasteiger partial charge >= 0.3 is 6.16 Å². The van der Waals surface area contributed by atoms with Gasteiger partial charge in [-0.2, -0.15) is 0 Å². The van der Waals surface area contributed by atoms with Gasteiger partial charge in [-0.25, -0.2) is 9.78 Å². The number of carboxylic acid groups (broad SMARTS) is 1. The first-order valence-corrected chi connectivity index (χ1v) is 12.6. The van der Waals surface area contributed by atoms with Crippen LogP contribution in [-0.2, 0) is 4.74 Å². The van der Waals surface area contributed by atoms with Gasteiger partial charge in [0.1, 0.15) is 16.9 Å². The summed E-state index contributed by atoms with van der Waals surface area (Å²) < 4.78 is 4.91. The van der Waals surface area contributed by atoms with Gasteiger partial charge in [0.15, 0.2) is 0 Å². The van der Waals surface area contributed by atoms with Crippen molar-refractivity contribution in [3.63, 3.8) is 0 Å². The lowest BCUT2D eigenvalue weighted by Gasteiger charge is -2.54. The van der Waals surface area contributed by atoms with Crippen molar-refractivity contribution >= 4 is 29.6 Å². The van der Waals surface area contributed by atoms with E-state index >= 15 is 0 Å². The van der Waals surface area contributed by atoms with Crippen LogP contribution in [0.25, 0.3) is 0 Å². The molecule has 1 saturated heterocycles. The van der Waals surface area contributed by atoms with Crippen LogP contribution in [0.1, 0.15) is 55.8 Å². The van der Waals surface area contributed by atoms with E-state index in [1.165, 1.54) is 32.1 Å². The van der Waals surface area contributed by atoms with Crippen LogP contribution >= 0.6 is 11.8 Å². The molecule has 2 N–H and O–H groups in total. The SMILES string of the molecule is CCSc1nc(N2CC[C@@H](OC(=O)O)C2)ccc1C(=O)NC1C2CC3CC(C2)CC1C3. The molecule has 0 unspecified atom stereocenters. The van der Waals surface area contributed by atoms with Crippen molar-refractivity contribution in [3.05, 3.63) is 17.7 Å². The zero-order valence-corrected chi connectivity index (χ0v) is 18.8. The molecule has 0 radical (unpaired) electrons. The van der Waals surface area contributed by atoms with Gasteiger partial charge in [0, 0.05) is 19.0 Å². The fraction of sp³-hybridized carbons (Fsp3) is 0.696. The summed E-state index contributed by atoms with van der Waals surface area (Å²) in [5.74, 6) is 4.67. The average Bonchev–Trinajstić information content (AvgIpc) is 3.18. The number of carbonyl (C=O) groups is 2. The first-order valence-electron chi connectivity index (χ1n) is 11.6. The van der Waals surface area contributed by atoms with Gasteiger partial charge in [-0.15, -0.1) is 11.8 Å². The van der Waals surface area contributed by atoms with E-state index in [4.69, 9.17) is 14.8 Å². The quantitative estimate of drug-likeness (QED) is 0.505. The van der Waals surface area contributed by atoms with Crippen LogP contribution in [0.15, 0.2) is 17.2 Å². The van der Waals surface area contributed by atoms with E-state index in [2.05, 4.69) is 12.2 Å². The molecule has 4 saturated carbocycles. The Morgan fingerprint density at radius 2 is 1.90 bits per heavy atom. The molecule has 1 aromatic heterocycles. The van der Waals surface area contributed by atoms with Crippen molar-refractivity contribution < 1.29 is 19.4 Å². The molecule has 0 spiro atoms. The van der Waals surface area contributed by atoms with E-state index in [1.54, 1.807) is 11.8 Å². The fourth-order valence-corrected chi connectivity index (χ4v) is 7.34. The number of nitrogens with one attached hydrogen (secondary N) is 1. The number of hydrogen-bond donors (Lipinski definition) is 2. The molecule has 1 atom stereocenters. The van der Waals surface area contributed by atoms with E-state index < -0.39 is 6.16 Å². The second-order valence-electron chi connectivity index (χ2n) is 9.63. The minimum Gasteiger partial charge on any atom is -0.450 e. The summed E-state index contributed by atoms with van der Waals surface area (Å²) in [5, 5.41) is 13.0. The second kappa shape index (κ2) is 8.52. The topological polar surface area (TPSA) is 91.8 Å². The Labute approximate surface area is 187 Å². The Balaban J connectivity index is 1.30. The Morgan fingerprint density at radius 1 is 1.19 bits per heavy atom. The number of aromatic nitrogens is 1. The van der Waals surface area contributed by atoms with Gasteiger partial charge in [0.2, 0.25) is 0 Å². The number of hydrogen-bond acceptors (Lipinski definition) is 6. The number of nitrogens with zero attached hydrogens (tertiary/aromatic N) is 2. The summed E-state index contributed by atoms with van der Waals surface area (Å²) in [4.78, 5) is 30.9. The van der Waals surface area contributed by atoms with E-state index in [1.807, 2.05) is 17.0 Å². The maximum atomic E-state index is 13.3. The van der Waals surface area contributed by atoms with Gasteiger partial charge < -0.3 is 20.1 Å². The van der Waals surface area contributed by atoms with Crippen molar-refractivity contribution in [2.24, 2.45) is 23.7 Å². The summed E-state index contributed by atoms with van der Waals surface area (Å²) in [6.45, 7) is 3.25. The number of rotatable bonds is 6. The molecule has 1 amide bonds. The molecule has 168 valence electrons. The molecular weight excluding hydrogens is 414 g/mol. The zero-order valence-electron chi connectivity index (χ0n) is 18.0. The number of thioether (sulfide) groups is 1. The van der Waals surface area contributed by atoms with E-state index in [0.29, 0.717) is 43.0 Å². The number of carbonyl (C=O) groups excluding carboxylic acids is 1. The largest absolute Gasteiger partial charge is 0.506 e. The van der Waals surface area contributed by atoms with E-state index in [0.717, 1.165) is 28.4 Å². The lowest BCUT2D eigenvalue weighted by Crippen LogP contribution is -2.55. The highest BCUT2D eigenvalue weighted by atomic mass is 32.2. The normalized spacial score (nSPS) is 33.5. The van der Waals surface area contributed by atoms with Gasteiger partial charge in [0.05, 0.1) is 12.1 Å². The van der Waals surface area contributed by atoms with Crippen LogP contribution in [0.5, 0.6) is 0 Å². The van der Waals surface area contributed by atoms with Crippen LogP contribution in [0.4, 0.5) is 10.6 Å². The molecule has 2 heterocycles. The second-order valence-corrected chi connectivity index (χ2v) is 10.9. The van der Waals surface area contributed by atoms with Crippen LogP contribution in [0.3, 0.4) is 0 Å². The first kappa shape index (κ1) is 20.9. The molecule has 4 aliphatic carbocycles. The van der Waals surface area contributed by atoms with E-state index in [-0.39, 0.29) is 12.0 Å². The number of amides is 1. The van der Waals surface area contributed by atoms with Gasteiger partial charge in [-0.3, -0.25) is 4.79 Å². The Morgan fingerprint density at radius 3 is 2.55 bits per heavy atom. The molecule has 8 heteroatoms. The minimum atomic E-state index is -1.24. The minimum absolute atomic E-state index is 0.000910. The Hall–Kier alpha value is -1.96. The maximum Gasteiger partial charge on any atom is 0.506 e. The predicted octanol–water partition coefficient (Wildman–Crippen LogP) is 4.02. The van der Waals surface area contributed by atoms with Crippen molar-refractivity contribution in [1.29, 1.82) is 0 Å². The van der Waals surface area contributed by atoms with Crippen molar-refractivity contribution in [1.82, 2.24) is 10.3 Å². The monoisotopic (exact) mass is 445 g/mol. The molecule has 31 heavy (non-hydrogen) atoms. The van der Waals surface area contributed by atoms with Crippen molar-refractivity contribution in [3.8, 4) is 0 Å². The fourth-order valence-electron chi connectivity index (χ4n) is 6.59. The highest BCUT2D eigenvalue weighted by molar-refractivity contribution is 7.99. The van der Waals surface area contributed by atoms with Gasteiger partial charge in [-0.1, -0.05) is 6.92 Å². The number of ether oxygens (including phenoxy) is 1. The highest BCUT2D eigenvalue weighted by Crippen LogP contribution is 2.53. The lowest BCUT2D eigenvalue weighted by molar-refractivity contribution is -0.0120. The molecular formula is C23H31N3O4S. The number of pyridine rings is 1. The molecule has 1 aromatic rings. The van der Waals surface area contributed by atoms with Crippen molar-refractivity contribution in [2.75, 3.05) is 23.7 Å². The highest BCUT2D eigenvalue weighted by Gasteiger charge is 2.48. The van der Waals surface area contributed by atoms with Crippen LogP contribution in [0, 0.1) is 23.7 Å². The van der Waals surface area contributed by atoms with Crippen LogP contribution in [0.2, 0.25) is 0 Å². The standard InChI is InChI=1S/C23H31N3O4S/c1-2-31-22-18(3-4-19(24-22)26-6-5-17(12-26)30-23(28)29)21(27)25-20-15-8-13-7-14(10-15)11-16(20)9-13/h3-4,13-17,20H,2,5-12H2,1H3,(H,25,27)(H,28,29)/t13?,14?,15?,16?,17-,20?/m1/s1. The smallest absolute Gasteiger partial charge is 0.450 e. The van der Waals surface area contributed by atoms with E-state index in [9.17, 15) is 9.59 Å². The summed E-state index contributed by atoms with van der Waals surface area (Å²) >= 11 is 1.58. The predicted molar refractivity (Wildman–Crippen MR) is 119 cm³/mol. The third-order valence-corrected chi connectivity index (χ3v) is 8.51. The molecule has 7 nitrogen and oxygen atoms in total. The third-order valence-electron chi connectivity index (χ3n) is 7.63. The van der Waals surface area contributed by atoms with Crippen LogP contribution < -0.4 is 10.2 Å². The zero-order chi connectivity index (χ0) is 21.5. The third kappa shape index (κ3) is 4.23. The Kier molecular flexibility index (Phi) is 5.75. The van der Waals surface area contributed by atoms with Gasteiger partial charge in [-0.05, 0) is 73.7 Å². The molecule has 1 aliphatic heterocycles. The first-order chi connectivity index (χ1) is 15.0. The maximum absolute atomic E-state index is 13.3. The molecule has 6 rings (SSSR count). The molecule has 4 bridgehead atoms. The molecule has 5 aliphatic rings. The molecule has 0 aromatic carbocycles. The average molecular weight is 446 g/mol. The number of anilines is 1. The summed E-state index contributed by atoms with van der Waals surface area (Å²) in [7, 11) is 0. The van der Waals surface area contributed by atoms with Crippen LogP contribution in [-0.4, -0.2) is 53.1 Å². The lowest BCUT2D eigenvalue weighted by atomic mass is 9.54. The van der Waals surface area contributed by atoms with Crippen molar-refractivity contribution in [2.45, 2.75) is 62.6 Å². The summed E-state index contributed by atoms with van der Waals surface area (Å²) in [5.41, 5.74) is 0.655. The summed E-state index contributed by atoms with van der Waals surface area (Å²) in [6, 6.07) is 4.08. The Bertz CT molecular complexity index is 835. The van der Waals surface area contributed by atoms with Gasteiger partial charge in [0.25, 0.3) is 5.91 Å². The molecule has 5 fully saturated rings.